The van der Waals surface area contributed by atoms with Crippen LogP contribution in [0, 0.1) is 30.0 Å². The summed E-state index contributed by atoms with van der Waals surface area (Å²) in [5, 5.41) is 30.8. The number of amides is 5. The summed E-state index contributed by atoms with van der Waals surface area (Å²) >= 11 is 4.23. The minimum atomic E-state index is -1.17. The number of aliphatic hydroxyl groups is 1. The molecular formula is C64H70FN9O9S3. The number of carbonyl (C=O) groups is 6. The minimum Gasteiger partial charge on any atom is -0.489 e. The number of ether oxygens (including phenoxy) is 1. The van der Waals surface area contributed by atoms with E-state index < -0.39 is 47.2 Å². The second kappa shape index (κ2) is 27.9. The summed E-state index contributed by atoms with van der Waals surface area (Å²) in [4.78, 5) is 100. The molecule has 86 heavy (non-hydrogen) atoms. The zero-order valence-corrected chi connectivity index (χ0v) is 51.4. The molecule has 5 N–H and O–H groups in total. The quantitative estimate of drug-likeness (QED) is 0.0314. The van der Waals surface area contributed by atoms with Crippen LogP contribution in [0.1, 0.15) is 132 Å². The summed E-state index contributed by atoms with van der Waals surface area (Å²) in [5.41, 5.74) is 7.35. The van der Waals surface area contributed by atoms with Crippen molar-refractivity contribution >= 4 is 90.0 Å². The Balaban J connectivity index is 0.706. The average molecular weight is 1220 g/mol. The Morgan fingerprint density at radius 1 is 0.919 bits per heavy atom. The first kappa shape index (κ1) is 62.4. The number of rotatable bonds is 22. The number of nitrogens with zero attached hydrogens (tertiary/aromatic N) is 6. The number of carboxylic acid groups (broad SMARTS) is 1. The van der Waals surface area contributed by atoms with Crippen LogP contribution in [0.2, 0.25) is 0 Å². The van der Waals surface area contributed by atoms with Gasteiger partial charge in [0, 0.05) is 56.4 Å². The lowest BCUT2D eigenvalue weighted by Gasteiger charge is -2.35. The number of carboxylic acids is 1. The number of hydrogen-bond donors (Lipinski definition) is 5. The Bertz CT molecular complexity index is 3660. The summed E-state index contributed by atoms with van der Waals surface area (Å²) < 4.78 is 22.1. The number of thiazole rings is 3. The van der Waals surface area contributed by atoms with E-state index in [2.05, 4.69) is 42.7 Å². The van der Waals surface area contributed by atoms with Gasteiger partial charge < -0.3 is 40.3 Å². The third-order valence-electron chi connectivity index (χ3n) is 15.3. The van der Waals surface area contributed by atoms with Gasteiger partial charge in [-0.15, -0.1) is 22.7 Å². The normalized spacial score (nSPS) is 15.5. The predicted octanol–water partition coefficient (Wildman–Crippen LogP) is 9.98. The van der Waals surface area contributed by atoms with Gasteiger partial charge in [-0.3, -0.25) is 29.3 Å². The number of aliphatic hydroxyl groups excluding tert-OH is 1. The van der Waals surface area contributed by atoms with Crippen molar-refractivity contribution in [1.82, 2.24) is 35.4 Å². The molecule has 1 saturated heterocycles. The highest BCUT2D eigenvalue weighted by atomic mass is 32.1. The van der Waals surface area contributed by atoms with E-state index in [0.717, 1.165) is 43.0 Å². The summed E-state index contributed by atoms with van der Waals surface area (Å²) in [6, 6.07) is 23.3. The van der Waals surface area contributed by atoms with Gasteiger partial charge in [-0.2, -0.15) is 0 Å². The van der Waals surface area contributed by atoms with Crippen LogP contribution in [-0.2, 0) is 38.6 Å². The van der Waals surface area contributed by atoms with E-state index in [1.165, 1.54) is 44.6 Å². The maximum atomic E-state index is 15.2. The molecule has 4 aromatic carbocycles. The van der Waals surface area contributed by atoms with Crippen molar-refractivity contribution in [2.75, 3.05) is 43.5 Å². The molecule has 450 valence electrons. The number of β-amino-alcohol motifs (C(OH)–C–C–N with tert-alkyl or cyclic N) is 1. The van der Waals surface area contributed by atoms with Gasteiger partial charge in [0.05, 0.1) is 57.2 Å². The fourth-order valence-electron chi connectivity index (χ4n) is 10.5. The number of aromatic carboxylic acids is 1. The molecule has 0 unspecified atom stereocenters. The number of para-hydroxylation sites is 2. The molecule has 0 radical (unpaired) electrons. The van der Waals surface area contributed by atoms with Crippen molar-refractivity contribution in [1.29, 1.82) is 0 Å². The molecule has 7 aromatic rings. The van der Waals surface area contributed by atoms with Gasteiger partial charge in [-0.05, 0) is 104 Å². The SMILES string of the molecule is Cc1ncsc1-c1ccc([C@H](C)NC(=O)[C@@H]2C[C@@H](O)CN2C(=O)[C@@H](NC(=O)CCCCCC(=O)N(C)CC#Cc2cccc(F)c2OCCCc2sc(N3CCc4cccc(C(=O)Nc5nc6ccccc6s5)c4C3)nc2C(=O)O)C(C)(C)C)cc1. The number of aryl methyl sites for hydroxylation is 2. The van der Waals surface area contributed by atoms with E-state index in [1.807, 2.05) is 100 Å². The van der Waals surface area contributed by atoms with Crippen molar-refractivity contribution in [2.45, 2.75) is 123 Å². The number of fused-ring (bicyclic) bond motifs is 2. The smallest absolute Gasteiger partial charge is 0.355 e. The lowest BCUT2D eigenvalue weighted by Crippen LogP contribution is -2.57. The standard InChI is InChI=1S/C64H70FN9O9S3/c1-38(40-26-28-43(29-27-40)56-39(2)66-37-84-56)67-59(79)49-34-44(75)35-74(49)60(80)57(64(3,4)5)69-52(76)24-8-7-9-25-53(77)72(6)31-14-18-42-17-13-20-47(65)55(42)83-33-15-23-51-54(61(81)82)70-63(86-51)73-32-30-41-16-12-19-45(46(41)36-73)58(78)71-62-68-48-21-10-11-22-50(48)85-62/h10-13,16-17,19-22,26-29,37-38,44,49,57,75H,7-9,15,23-25,30-36H2,1-6H3,(H,67,79)(H,69,76)(H,81,82)(H,68,71,78)/t38-,44+,49-,57+/m0/s1. The number of likely N-dealkylation sites (tertiary alicyclic amines) is 1. The average Bonchev–Trinajstić information content (AvgIpc) is 1.91. The fourth-order valence-corrected chi connectivity index (χ4v) is 13.3. The Hall–Kier alpha value is -8.10. The Kier molecular flexibility index (Phi) is 20.3. The molecule has 2 aliphatic rings. The molecule has 0 bridgehead atoms. The van der Waals surface area contributed by atoms with Gasteiger partial charge in [-0.1, -0.05) is 105 Å². The van der Waals surface area contributed by atoms with Gasteiger partial charge in [-0.25, -0.2) is 24.1 Å². The number of aromatic nitrogens is 3. The Labute approximate surface area is 511 Å². The number of hydrogen-bond acceptors (Lipinski definition) is 15. The first-order chi connectivity index (χ1) is 41.2. The van der Waals surface area contributed by atoms with Crippen LogP contribution < -0.4 is 25.6 Å². The third-order valence-corrected chi connectivity index (χ3v) is 18.4. The van der Waals surface area contributed by atoms with Crippen LogP contribution in [0.25, 0.3) is 20.7 Å². The lowest BCUT2D eigenvalue weighted by atomic mass is 9.85. The van der Waals surface area contributed by atoms with Crippen molar-refractivity contribution in [3.8, 4) is 28.0 Å². The fraction of sp³-hybridized carbons (Fsp3) is 0.391. The van der Waals surface area contributed by atoms with Crippen molar-refractivity contribution < 1.29 is 48.1 Å². The van der Waals surface area contributed by atoms with E-state index in [4.69, 9.17) is 4.74 Å². The van der Waals surface area contributed by atoms with Crippen molar-refractivity contribution in [2.24, 2.45) is 5.41 Å². The lowest BCUT2D eigenvalue weighted by molar-refractivity contribution is -0.144. The molecule has 1 fully saturated rings. The van der Waals surface area contributed by atoms with Crippen molar-refractivity contribution in [3.63, 3.8) is 0 Å². The van der Waals surface area contributed by atoms with Crippen molar-refractivity contribution in [3.05, 3.63) is 140 Å². The maximum Gasteiger partial charge on any atom is 0.355 e. The zero-order chi connectivity index (χ0) is 61.2. The molecule has 0 saturated carbocycles. The molecule has 18 nitrogen and oxygen atoms in total. The number of unbranched alkanes of at least 4 members (excludes halogenated alkanes) is 2. The largest absolute Gasteiger partial charge is 0.489 e. The van der Waals surface area contributed by atoms with Gasteiger partial charge in [0.15, 0.2) is 27.5 Å². The molecule has 3 aromatic heterocycles. The van der Waals surface area contributed by atoms with Crippen LogP contribution in [0.3, 0.4) is 0 Å². The Morgan fingerprint density at radius 2 is 1.69 bits per heavy atom. The second-order valence-corrected chi connectivity index (χ2v) is 25.6. The molecule has 9 rings (SSSR count). The summed E-state index contributed by atoms with van der Waals surface area (Å²) in [6.45, 7) is 10.3. The van der Waals surface area contributed by atoms with Gasteiger partial charge >= 0.3 is 5.97 Å². The van der Waals surface area contributed by atoms with E-state index in [-0.39, 0.29) is 74.2 Å². The molecule has 5 amide bonds. The molecule has 22 heteroatoms. The first-order valence-electron chi connectivity index (χ1n) is 28.7. The van der Waals surface area contributed by atoms with Crippen LogP contribution >= 0.6 is 34.0 Å². The molecule has 0 aliphatic carbocycles. The second-order valence-electron chi connectivity index (χ2n) is 22.7. The zero-order valence-electron chi connectivity index (χ0n) is 48.9. The van der Waals surface area contributed by atoms with Crippen LogP contribution in [0.5, 0.6) is 5.75 Å². The van der Waals surface area contributed by atoms with Crippen LogP contribution in [-0.4, -0.2) is 122 Å². The van der Waals surface area contributed by atoms with Crippen LogP contribution in [0.15, 0.2) is 90.4 Å². The van der Waals surface area contributed by atoms with Gasteiger partial charge in [0.1, 0.15) is 12.1 Å². The third kappa shape index (κ3) is 15.3. The number of anilines is 2. The summed E-state index contributed by atoms with van der Waals surface area (Å²) in [7, 11) is 1.62. The number of halogens is 1. The van der Waals surface area contributed by atoms with E-state index in [9.17, 15) is 39.0 Å². The number of carbonyl (C=O) groups excluding carboxylic acids is 5. The molecule has 0 spiro atoms. The van der Waals surface area contributed by atoms with Gasteiger partial charge in [0.25, 0.3) is 5.91 Å². The highest BCUT2D eigenvalue weighted by molar-refractivity contribution is 7.22. The van der Waals surface area contributed by atoms with E-state index in [0.29, 0.717) is 77.9 Å². The molecular weight excluding hydrogens is 1150 g/mol. The number of benzene rings is 4. The predicted molar refractivity (Wildman–Crippen MR) is 332 cm³/mol. The van der Waals surface area contributed by atoms with E-state index >= 15 is 4.39 Å². The molecule has 4 atom stereocenters. The molecule has 2 aliphatic heterocycles. The van der Waals surface area contributed by atoms with E-state index in [1.54, 1.807) is 36.0 Å². The Morgan fingerprint density at radius 3 is 2.43 bits per heavy atom. The summed E-state index contributed by atoms with van der Waals surface area (Å²) in [5.74, 6) is 2.42. The highest BCUT2D eigenvalue weighted by Crippen LogP contribution is 2.35. The topological polar surface area (TPSA) is 237 Å². The van der Waals surface area contributed by atoms with Crippen LogP contribution in [0.4, 0.5) is 14.7 Å². The highest BCUT2D eigenvalue weighted by Gasteiger charge is 2.45. The molecule has 5 heterocycles. The summed E-state index contributed by atoms with van der Waals surface area (Å²) in [6.07, 6.45) is 2.29. The van der Waals surface area contributed by atoms with Gasteiger partial charge in [0.2, 0.25) is 23.6 Å². The minimum absolute atomic E-state index is 0.0415. The first-order valence-corrected chi connectivity index (χ1v) is 31.2. The number of nitrogens with one attached hydrogen (secondary N) is 3. The monoisotopic (exact) mass is 1220 g/mol. The maximum absolute atomic E-state index is 15.2.